The van der Waals surface area contributed by atoms with E-state index < -0.39 is 4.84 Å². The van der Waals surface area contributed by atoms with Crippen molar-refractivity contribution < 1.29 is 14.3 Å². The molecular weight excluding hydrogens is 253 g/mol. The fraction of sp³-hybridized carbons (Fsp3) is 0.600. The number of rotatable bonds is 5. The first kappa shape index (κ1) is 13.3. The Morgan fingerprint density at radius 1 is 1.62 bits per heavy atom. The van der Waals surface area contributed by atoms with Crippen molar-refractivity contribution in [1.82, 2.24) is 4.90 Å². The van der Waals surface area contributed by atoms with E-state index in [-0.39, 0.29) is 24.8 Å². The molecule has 1 aliphatic rings. The predicted molar refractivity (Wildman–Crippen MR) is 61.2 cm³/mol. The second kappa shape index (κ2) is 6.11. The number of alkyl halides is 2. The lowest BCUT2D eigenvalue weighted by molar-refractivity contribution is -0.140. The molecule has 90 valence electrons. The van der Waals surface area contributed by atoms with Crippen molar-refractivity contribution in [2.45, 2.75) is 24.1 Å². The van der Waals surface area contributed by atoms with Gasteiger partial charge >= 0.3 is 0 Å². The van der Waals surface area contributed by atoms with E-state index in [1.807, 2.05) is 0 Å². The zero-order valence-electron chi connectivity index (χ0n) is 8.91. The van der Waals surface area contributed by atoms with Gasteiger partial charge in [-0.3, -0.25) is 14.5 Å². The Morgan fingerprint density at radius 3 is 2.81 bits per heavy atom. The van der Waals surface area contributed by atoms with E-state index in [1.54, 1.807) is 0 Å². The number of carbonyl (C=O) groups excluding carboxylic acids is 2. The van der Waals surface area contributed by atoms with Gasteiger partial charge in [0.2, 0.25) is 5.91 Å². The SMILES string of the molecule is COC1=CC(=O)N(C(=O)CCCC(Cl)Cl)C1. The van der Waals surface area contributed by atoms with Crippen LogP contribution in [0.2, 0.25) is 0 Å². The Labute approximate surface area is 104 Å². The van der Waals surface area contributed by atoms with Gasteiger partial charge in [0, 0.05) is 12.5 Å². The number of hydrogen-bond acceptors (Lipinski definition) is 3. The highest BCUT2D eigenvalue weighted by atomic mass is 35.5. The van der Waals surface area contributed by atoms with Crippen molar-refractivity contribution >= 4 is 35.0 Å². The Hall–Kier alpha value is -0.740. The number of hydrogen-bond donors (Lipinski definition) is 0. The number of methoxy groups -OCH3 is 1. The van der Waals surface area contributed by atoms with Crippen molar-refractivity contribution in [2.75, 3.05) is 13.7 Å². The largest absolute Gasteiger partial charge is 0.499 e. The first-order chi connectivity index (χ1) is 7.54. The molecule has 0 aliphatic carbocycles. The molecule has 0 saturated carbocycles. The van der Waals surface area contributed by atoms with Gasteiger partial charge in [0.05, 0.1) is 13.7 Å². The summed E-state index contributed by atoms with van der Waals surface area (Å²) in [7, 11) is 1.47. The minimum absolute atomic E-state index is 0.220. The first-order valence-corrected chi connectivity index (χ1v) is 5.79. The molecule has 1 aliphatic heterocycles. The van der Waals surface area contributed by atoms with E-state index in [0.29, 0.717) is 18.6 Å². The summed E-state index contributed by atoms with van der Waals surface area (Å²) >= 11 is 11.1. The molecule has 1 rings (SSSR count). The molecule has 0 radical (unpaired) electrons. The molecule has 0 aromatic rings. The molecule has 0 N–H and O–H groups in total. The number of halogens is 2. The molecule has 0 aromatic heterocycles. The maximum Gasteiger partial charge on any atom is 0.257 e. The van der Waals surface area contributed by atoms with Crippen LogP contribution >= 0.6 is 23.2 Å². The van der Waals surface area contributed by atoms with Crippen LogP contribution in [0.5, 0.6) is 0 Å². The molecule has 0 saturated heterocycles. The maximum absolute atomic E-state index is 11.6. The van der Waals surface area contributed by atoms with Crippen LogP contribution in [0.25, 0.3) is 0 Å². The van der Waals surface area contributed by atoms with Gasteiger partial charge in [0.15, 0.2) is 0 Å². The van der Waals surface area contributed by atoms with E-state index >= 15 is 0 Å². The molecule has 1 heterocycles. The molecule has 0 unspecified atom stereocenters. The van der Waals surface area contributed by atoms with Gasteiger partial charge in [-0.15, -0.1) is 23.2 Å². The summed E-state index contributed by atoms with van der Waals surface area (Å²) in [6, 6.07) is 0. The molecule has 0 aromatic carbocycles. The smallest absolute Gasteiger partial charge is 0.257 e. The van der Waals surface area contributed by atoms with Gasteiger partial charge in [-0.1, -0.05) is 0 Å². The number of amides is 2. The maximum atomic E-state index is 11.6. The summed E-state index contributed by atoms with van der Waals surface area (Å²) in [6.45, 7) is 0.222. The molecule has 0 spiro atoms. The van der Waals surface area contributed by atoms with E-state index in [0.717, 1.165) is 4.90 Å². The van der Waals surface area contributed by atoms with Crippen LogP contribution in [-0.4, -0.2) is 35.2 Å². The number of imide groups is 1. The van der Waals surface area contributed by atoms with Crippen molar-refractivity contribution in [2.24, 2.45) is 0 Å². The summed E-state index contributed by atoms with van der Waals surface area (Å²) in [5, 5.41) is 0. The lowest BCUT2D eigenvalue weighted by Crippen LogP contribution is -2.32. The molecule has 4 nitrogen and oxygen atoms in total. The topological polar surface area (TPSA) is 46.6 Å². The third-order valence-electron chi connectivity index (χ3n) is 2.24. The third kappa shape index (κ3) is 3.68. The summed E-state index contributed by atoms with van der Waals surface area (Å²) in [5.41, 5.74) is 0. The zero-order chi connectivity index (χ0) is 12.1. The van der Waals surface area contributed by atoms with Crippen molar-refractivity contribution in [3.05, 3.63) is 11.8 Å². The van der Waals surface area contributed by atoms with Gasteiger partial charge in [-0.25, -0.2) is 0 Å². The van der Waals surface area contributed by atoms with Crippen molar-refractivity contribution in [1.29, 1.82) is 0 Å². The van der Waals surface area contributed by atoms with Crippen LogP contribution in [0.15, 0.2) is 11.8 Å². The third-order valence-corrected chi connectivity index (χ3v) is 2.68. The lowest BCUT2D eigenvalue weighted by atomic mass is 10.2. The van der Waals surface area contributed by atoms with Gasteiger partial charge in [-0.2, -0.15) is 0 Å². The van der Waals surface area contributed by atoms with Gasteiger partial charge in [0.25, 0.3) is 5.91 Å². The van der Waals surface area contributed by atoms with Gasteiger partial charge in [0.1, 0.15) is 10.6 Å². The fourth-order valence-corrected chi connectivity index (χ4v) is 1.68. The number of carbonyl (C=O) groups is 2. The molecular formula is C10H13Cl2NO3. The highest BCUT2D eigenvalue weighted by Gasteiger charge is 2.27. The Kier molecular flexibility index (Phi) is 5.09. The lowest BCUT2D eigenvalue weighted by Gasteiger charge is -2.14. The summed E-state index contributed by atoms with van der Waals surface area (Å²) in [4.78, 5) is 23.7. The normalized spacial score (nSPS) is 15.6. The predicted octanol–water partition coefficient (Wildman–Crippen LogP) is 1.86. The van der Waals surface area contributed by atoms with Crippen LogP contribution in [0.1, 0.15) is 19.3 Å². The monoisotopic (exact) mass is 265 g/mol. The molecule has 0 fully saturated rings. The zero-order valence-corrected chi connectivity index (χ0v) is 10.4. The van der Waals surface area contributed by atoms with E-state index in [9.17, 15) is 9.59 Å². The van der Waals surface area contributed by atoms with Crippen LogP contribution in [-0.2, 0) is 14.3 Å². The second-order valence-corrected chi connectivity index (χ2v) is 4.69. The van der Waals surface area contributed by atoms with Gasteiger partial charge < -0.3 is 4.74 Å². The Bertz CT molecular complexity index is 315. The minimum atomic E-state index is -0.463. The molecule has 16 heavy (non-hydrogen) atoms. The van der Waals surface area contributed by atoms with Crippen LogP contribution in [0, 0.1) is 0 Å². The van der Waals surface area contributed by atoms with Crippen LogP contribution in [0.4, 0.5) is 0 Å². The first-order valence-electron chi connectivity index (χ1n) is 4.91. The standard InChI is InChI=1S/C10H13Cl2NO3/c1-16-7-5-10(15)13(6-7)9(14)4-2-3-8(11)12/h5,8H,2-4,6H2,1H3. The van der Waals surface area contributed by atoms with Crippen molar-refractivity contribution in [3.8, 4) is 0 Å². The Balaban J connectivity index is 2.37. The Morgan fingerprint density at radius 2 is 2.31 bits per heavy atom. The summed E-state index contributed by atoms with van der Waals surface area (Å²) in [6.07, 6.45) is 2.71. The highest BCUT2D eigenvalue weighted by molar-refractivity contribution is 6.44. The molecule has 0 atom stereocenters. The number of ether oxygens (including phenoxy) is 1. The van der Waals surface area contributed by atoms with Gasteiger partial charge in [-0.05, 0) is 12.8 Å². The van der Waals surface area contributed by atoms with E-state index in [4.69, 9.17) is 27.9 Å². The fourth-order valence-electron chi connectivity index (χ4n) is 1.37. The average molecular weight is 266 g/mol. The van der Waals surface area contributed by atoms with Crippen LogP contribution in [0.3, 0.4) is 0 Å². The summed E-state index contributed by atoms with van der Waals surface area (Å²) < 4.78 is 4.91. The quantitative estimate of drug-likeness (QED) is 0.713. The number of nitrogens with zero attached hydrogens (tertiary/aromatic N) is 1. The molecule has 2 amide bonds. The van der Waals surface area contributed by atoms with Crippen LogP contribution < -0.4 is 0 Å². The molecule has 0 bridgehead atoms. The van der Waals surface area contributed by atoms with E-state index in [2.05, 4.69) is 0 Å². The molecule has 6 heteroatoms. The minimum Gasteiger partial charge on any atom is -0.499 e. The second-order valence-electron chi connectivity index (χ2n) is 3.42. The average Bonchev–Trinajstić information content (AvgIpc) is 2.59. The van der Waals surface area contributed by atoms with E-state index in [1.165, 1.54) is 13.2 Å². The summed E-state index contributed by atoms with van der Waals surface area (Å²) in [5.74, 6) is -0.0386. The highest BCUT2D eigenvalue weighted by Crippen LogP contribution is 2.15. The van der Waals surface area contributed by atoms with Crippen molar-refractivity contribution in [3.63, 3.8) is 0 Å².